The Kier molecular flexibility index (Phi) is 8.65. The molecule has 2 aromatic rings. The SMILES string of the molecule is CCCCCCCCC(CCc1ccccc1CC)[n+]1cc[nH]c1. The summed E-state index contributed by atoms with van der Waals surface area (Å²) in [4.78, 5) is 3.21. The first-order chi connectivity index (χ1) is 11.8. The van der Waals surface area contributed by atoms with Crippen LogP contribution in [0.1, 0.15) is 82.4 Å². The molecular weight excluding hydrogens is 292 g/mol. The second-order valence-corrected chi connectivity index (χ2v) is 6.93. The van der Waals surface area contributed by atoms with E-state index in [1.165, 1.54) is 68.9 Å². The van der Waals surface area contributed by atoms with E-state index in [1.54, 1.807) is 0 Å². The van der Waals surface area contributed by atoms with Crippen LogP contribution in [0.4, 0.5) is 0 Å². The van der Waals surface area contributed by atoms with Gasteiger partial charge in [-0.25, -0.2) is 4.57 Å². The second kappa shape index (κ2) is 11.1. The van der Waals surface area contributed by atoms with E-state index < -0.39 is 0 Å². The number of hydrogen-bond acceptors (Lipinski definition) is 0. The van der Waals surface area contributed by atoms with Crippen LogP contribution >= 0.6 is 0 Å². The van der Waals surface area contributed by atoms with Gasteiger partial charge in [0.1, 0.15) is 18.4 Å². The largest absolute Gasteiger partial charge is 0.250 e. The van der Waals surface area contributed by atoms with Crippen LogP contribution in [-0.4, -0.2) is 4.98 Å². The van der Waals surface area contributed by atoms with Gasteiger partial charge < -0.3 is 0 Å². The fourth-order valence-electron chi connectivity index (χ4n) is 3.60. The van der Waals surface area contributed by atoms with Crippen LogP contribution in [0.25, 0.3) is 0 Å². The number of H-pyrrole nitrogens is 1. The van der Waals surface area contributed by atoms with E-state index in [-0.39, 0.29) is 0 Å². The Morgan fingerprint density at radius 3 is 2.38 bits per heavy atom. The van der Waals surface area contributed by atoms with Crippen LogP contribution in [0.2, 0.25) is 0 Å². The van der Waals surface area contributed by atoms with Crippen molar-refractivity contribution in [3.8, 4) is 0 Å². The summed E-state index contributed by atoms with van der Waals surface area (Å²) in [5, 5.41) is 0. The Bertz CT molecular complexity index is 545. The highest BCUT2D eigenvalue weighted by Gasteiger charge is 2.16. The molecule has 1 aromatic heterocycles. The maximum atomic E-state index is 3.21. The fourth-order valence-corrected chi connectivity index (χ4v) is 3.60. The van der Waals surface area contributed by atoms with Crippen molar-refractivity contribution in [1.29, 1.82) is 0 Å². The quantitative estimate of drug-likeness (QED) is 0.376. The molecule has 0 amide bonds. The molecule has 0 saturated carbocycles. The van der Waals surface area contributed by atoms with E-state index in [0.29, 0.717) is 6.04 Å². The molecule has 1 N–H and O–H groups in total. The molecular formula is C22H35N2+. The van der Waals surface area contributed by atoms with E-state index in [9.17, 15) is 0 Å². The van der Waals surface area contributed by atoms with E-state index in [2.05, 4.69) is 60.2 Å². The average Bonchev–Trinajstić information content (AvgIpc) is 3.15. The summed E-state index contributed by atoms with van der Waals surface area (Å²) in [5.41, 5.74) is 3.04. The van der Waals surface area contributed by atoms with Gasteiger partial charge in [-0.3, -0.25) is 4.98 Å². The third-order valence-corrected chi connectivity index (χ3v) is 5.13. The van der Waals surface area contributed by atoms with Crippen molar-refractivity contribution in [2.24, 2.45) is 0 Å². The van der Waals surface area contributed by atoms with E-state index in [0.717, 1.165) is 6.42 Å². The molecule has 0 radical (unpaired) electrons. The zero-order chi connectivity index (χ0) is 17.0. The van der Waals surface area contributed by atoms with Crippen molar-refractivity contribution >= 4 is 0 Å². The van der Waals surface area contributed by atoms with Crippen molar-refractivity contribution in [3.05, 3.63) is 54.1 Å². The number of rotatable bonds is 12. The van der Waals surface area contributed by atoms with Crippen molar-refractivity contribution < 1.29 is 4.57 Å². The molecule has 132 valence electrons. The van der Waals surface area contributed by atoms with Crippen LogP contribution in [0.3, 0.4) is 0 Å². The first-order valence-corrected chi connectivity index (χ1v) is 9.95. The summed E-state index contributed by atoms with van der Waals surface area (Å²) in [7, 11) is 0. The zero-order valence-electron chi connectivity index (χ0n) is 15.6. The van der Waals surface area contributed by atoms with Crippen LogP contribution in [0.15, 0.2) is 43.0 Å². The predicted octanol–water partition coefficient (Wildman–Crippen LogP) is 5.79. The normalized spacial score (nSPS) is 12.4. The van der Waals surface area contributed by atoms with Gasteiger partial charge in [-0.05, 0) is 43.2 Å². The number of benzene rings is 1. The van der Waals surface area contributed by atoms with Gasteiger partial charge in [-0.15, -0.1) is 0 Å². The molecule has 2 heteroatoms. The maximum absolute atomic E-state index is 3.21. The van der Waals surface area contributed by atoms with Gasteiger partial charge in [-0.2, -0.15) is 0 Å². The Hall–Kier alpha value is -1.57. The molecule has 2 nitrogen and oxygen atoms in total. The molecule has 1 unspecified atom stereocenters. The minimum absolute atomic E-state index is 0.618. The lowest BCUT2D eigenvalue weighted by atomic mass is 9.96. The lowest BCUT2D eigenvalue weighted by Gasteiger charge is -2.15. The van der Waals surface area contributed by atoms with Crippen molar-refractivity contribution in [2.75, 3.05) is 0 Å². The van der Waals surface area contributed by atoms with Crippen LogP contribution in [0.5, 0.6) is 0 Å². The van der Waals surface area contributed by atoms with E-state index in [4.69, 9.17) is 0 Å². The molecule has 0 saturated heterocycles. The molecule has 1 aromatic carbocycles. The Morgan fingerprint density at radius 2 is 1.67 bits per heavy atom. The van der Waals surface area contributed by atoms with Gasteiger partial charge >= 0.3 is 0 Å². The highest BCUT2D eigenvalue weighted by molar-refractivity contribution is 5.27. The zero-order valence-corrected chi connectivity index (χ0v) is 15.6. The monoisotopic (exact) mass is 327 g/mol. The lowest BCUT2D eigenvalue weighted by molar-refractivity contribution is -0.723. The Balaban J connectivity index is 1.85. The first-order valence-electron chi connectivity index (χ1n) is 9.95. The van der Waals surface area contributed by atoms with Gasteiger partial charge in [0.15, 0.2) is 0 Å². The fraction of sp³-hybridized carbons (Fsp3) is 0.591. The average molecular weight is 328 g/mol. The van der Waals surface area contributed by atoms with Gasteiger partial charge in [0.05, 0.1) is 0 Å². The topological polar surface area (TPSA) is 19.7 Å². The first kappa shape index (κ1) is 18.8. The Labute approximate surface area is 148 Å². The minimum atomic E-state index is 0.618. The van der Waals surface area contributed by atoms with Gasteiger partial charge in [0, 0.05) is 0 Å². The number of aromatic nitrogens is 2. The third-order valence-electron chi connectivity index (χ3n) is 5.13. The molecule has 0 aliphatic carbocycles. The summed E-state index contributed by atoms with van der Waals surface area (Å²) in [6.07, 6.45) is 19.4. The van der Waals surface area contributed by atoms with Crippen LogP contribution in [0, 0.1) is 0 Å². The molecule has 1 atom stereocenters. The van der Waals surface area contributed by atoms with Crippen molar-refractivity contribution in [3.63, 3.8) is 0 Å². The molecule has 0 aliphatic rings. The molecule has 0 spiro atoms. The maximum Gasteiger partial charge on any atom is 0.241 e. The van der Waals surface area contributed by atoms with Gasteiger partial charge in [0.25, 0.3) is 0 Å². The Morgan fingerprint density at radius 1 is 0.917 bits per heavy atom. The summed E-state index contributed by atoms with van der Waals surface area (Å²) < 4.78 is 2.38. The third kappa shape index (κ3) is 6.14. The minimum Gasteiger partial charge on any atom is -0.250 e. The molecule has 0 aliphatic heterocycles. The second-order valence-electron chi connectivity index (χ2n) is 6.93. The predicted molar refractivity (Wildman–Crippen MR) is 102 cm³/mol. The van der Waals surface area contributed by atoms with E-state index in [1.807, 2.05) is 6.20 Å². The number of aromatic amines is 1. The van der Waals surface area contributed by atoms with Gasteiger partial charge in [-0.1, -0.05) is 70.2 Å². The standard InChI is InChI=1S/C22H34N2/c1-3-5-6-7-8-9-14-22(24-18-17-23-19-24)16-15-21-13-11-10-12-20(21)4-2/h10-13,17-19,22H,3-9,14-16H2,1-2H3/p+1. The molecule has 2 rings (SSSR count). The number of unbranched alkanes of at least 4 members (excludes halogenated alkanes) is 5. The van der Waals surface area contributed by atoms with Crippen LogP contribution < -0.4 is 4.57 Å². The number of aryl methyl sites for hydroxylation is 2. The van der Waals surface area contributed by atoms with E-state index >= 15 is 0 Å². The summed E-state index contributed by atoms with van der Waals surface area (Å²) in [6, 6.07) is 9.55. The summed E-state index contributed by atoms with van der Waals surface area (Å²) in [6.45, 7) is 4.54. The van der Waals surface area contributed by atoms with Crippen molar-refractivity contribution in [1.82, 2.24) is 4.98 Å². The summed E-state index contributed by atoms with van der Waals surface area (Å²) >= 11 is 0. The number of nitrogens with one attached hydrogen (secondary N) is 1. The summed E-state index contributed by atoms with van der Waals surface area (Å²) in [5.74, 6) is 0. The van der Waals surface area contributed by atoms with Crippen molar-refractivity contribution in [2.45, 2.75) is 84.1 Å². The molecule has 0 bridgehead atoms. The number of imidazole rings is 1. The highest BCUT2D eigenvalue weighted by Crippen LogP contribution is 2.20. The lowest BCUT2D eigenvalue weighted by Crippen LogP contribution is -2.37. The highest BCUT2D eigenvalue weighted by atomic mass is 15.0. The smallest absolute Gasteiger partial charge is 0.241 e. The number of hydrogen-bond donors (Lipinski definition) is 1. The molecule has 0 fully saturated rings. The van der Waals surface area contributed by atoms with Gasteiger partial charge in [0.2, 0.25) is 6.33 Å². The van der Waals surface area contributed by atoms with Crippen LogP contribution in [-0.2, 0) is 12.8 Å². The molecule has 24 heavy (non-hydrogen) atoms. The number of nitrogens with zero attached hydrogens (tertiary/aromatic N) is 1. The molecule has 1 heterocycles.